The second kappa shape index (κ2) is 7.16. The highest BCUT2D eigenvalue weighted by Crippen LogP contribution is 2.26. The molecule has 1 fully saturated rings. The van der Waals surface area contributed by atoms with Crippen LogP contribution < -0.4 is 5.32 Å². The first-order valence-electron chi connectivity index (χ1n) is 8.43. The van der Waals surface area contributed by atoms with E-state index in [1.54, 1.807) is 43.0 Å². The molecule has 1 aromatic rings. The van der Waals surface area contributed by atoms with E-state index in [-0.39, 0.29) is 17.6 Å². The van der Waals surface area contributed by atoms with E-state index >= 15 is 0 Å². The van der Waals surface area contributed by atoms with Crippen LogP contribution in [0.1, 0.15) is 50.9 Å². The Balaban J connectivity index is 2.08. The van der Waals surface area contributed by atoms with Crippen LogP contribution in [0.2, 0.25) is 0 Å². The van der Waals surface area contributed by atoms with E-state index in [4.69, 9.17) is 0 Å². The lowest BCUT2D eigenvalue weighted by Crippen LogP contribution is -2.49. The SMILES string of the molecule is CC(=O)c1cccc(NC(=O)C(C)(C)C(=O)N2CCC(C)CC2)c1. The van der Waals surface area contributed by atoms with Crippen LogP contribution in [0.25, 0.3) is 0 Å². The molecule has 2 amide bonds. The van der Waals surface area contributed by atoms with Gasteiger partial charge >= 0.3 is 0 Å². The molecule has 0 atom stereocenters. The zero-order valence-corrected chi connectivity index (χ0v) is 14.9. The van der Waals surface area contributed by atoms with Crippen molar-refractivity contribution in [2.45, 2.75) is 40.5 Å². The Hall–Kier alpha value is -2.17. The number of nitrogens with one attached hydrogen (secondary N) is 1. The summed E-state index contributed by atoms with van der Waals surface area (Å²) in [7, 11) is 0. The zero-order valence-electron chi connectivity index (χ0n) is 14.9. The molecule has 1 saturated heterocycles. The highest BCUT2D eigenvalue weighted by molar-refractivity contribution is 6.10. The highest BCUT2D eigenvalue weighted by Gasteiger charge is 2.40. The lowest BCUT2D eigenvalue weighted by molar-refractivity contribution is -0.147. The minimum atomic E-state index is -1.15. The van der Waals surface area contributed by atoms with Crippen LogP contribution in [-0.4, -0.2) is 35.6 Å². The van der Waals surface area contributed by atoms with Crippen LogP contribution in [0.5, 0.6) is 0 Å². The number of hydrogen-bond acceptors (Lipinski definition) is 3. The third-order valence-corrected chi connectivity index (χ3v) is 4.70. The van der Waals surface area contributed by atoms with Gasteiger partial charge in [-0.2, -0.15) is 0 Å². The van der Waals surface area contributed by atoms with Gasteiger partial charge in [-0.05, 0) is 51.7 Å². The van der Waals surface area contributed by atoms with E-state index in [9.17, 15) is 14.4 Å². The molecule has 1 aliphatic rings. The maximum Gasteiger partial charge on any atom is 0.239 e. The summed E-state index contributed by atoms with van der Waals surface area (Å²) in [5.41, 5.74) is -0.0879. The quantitative estimate of drug-likeness (QED) is 0.681. The molecule has 130 valence electrons. The molecule has 0 radical (unpaired) electrons. The van der Waals surface area contributed by atoms with Crippen molar-refractivity contribution in [2.24, 2.45) is 11.3 Å². The molecule has 1 aliphatic heterocycles. The summed E-state index contributed by atoms with van der Waals surface area (Å²) in [5, 5.41) is 2.77. The van der Waals surface area contributed by atoms with Gasteiger partial charge in [0, 0.05) is 24.3 Å². The zero-order chi connectivity index (χ0) is 17.9. The molecule has 0 unspecified atom stereocenters. The van der Waals surface area contributed by atoms with E-state index in [0.29, 0.717) is 30.3 Å². The molecule has 0 aliphatic carbocycles. The van der Waals surface area contributed by atoms with Gasteiger partial charge in [-0.15, -0.1) is 0 Å². The van der Waals surface area contributed by atoms with Crippen LogP contribution >= 0.6 is 0 Å². The van der Waals surface area contributed by atoms with Crippen LogP contribution in [-0.2, 0) is 9.59 Å². The molecule has 24 heavy (non-hydrogen) atoms. The third-order valence-electron chi connectivity index (χ3n) is 4.70. The number of carbonyl (C=O) groups excluding carboxylic acids is 3. The van der Waals surface area contributed by atoms with E-state index in [2.05, 4.69) is 12.2 Å². The fourth-order valence-corrected chi connectivity index (χ4v) is 2.81. The molecule has 1 aromatic carbocycles. The Morgan fingerprint density at radius 1 is 1.17 bits per heavy atom. The van der Waals surface area contributed by atoms with Crippen LogP contribution in [0.3, 0.4) is 0 Å². The maximum atomic E-state index is 12.7. The second-order valence-corrected chi connectivity index (χ2v) is 7.19. The predicted octanol–water partition coefficient (Wildman–Crippen LogP) is 3.11. The maximum absolute atomic E-state index is 12.7. The van der Waals surface area contributed by atoms with Crippen molar-refractivity contribution in [3.8, 4) is 0 Å². The average Bonchev–Trinajstić information content (AvgIpc) is 2.55. The van der Waals surface area contributed by atoms with Gasteiger partial charge in [0.25, 0.3) is 0 Å². The summed E-state index contributed by atoms with van der Waals surface area (Å²) in [5.74, 6) is 0.0608. The number of nitrogens with zero attached hydrogens (tertiary/aromatic N) is 1. The second-order valence-electron chi connectivity index (χ2n) is 7.19. The Morgan fingerprint density at radius 3 is 2.38 bits per heavy atom. The molecule has 1 N–H and O–H groups in total. The molecule has 0 spiro atoms. The molecule has 1 heterocycles. The molecule has 0 aromatic heterocycles. The molecule has 5 nitrogen and oxygen atoms in total. The van der Waals surface area contributed by atoms with Crippen LogP contribution in [0, 0.1) is 11.3 Å². The number of hydrogen-bond donors (Lipinski definition) is 1. The van der Waals surface area contributed by atoms with Gasteiger partial charge in [-0.3, -0.25) is 14.4 Å². The number of anilines is 1. The van der Waals surface area contributed by atoms with Gasteiger partial charge < -0.3 is 10.2 Å². The first kappa shape index (κ1) is 18.2. The van der Waals surface area contributed by atoms with E-state index in [1.165, 1.54) is 6.92 Å². The lowest BCUT2D eigenvalue weighted by Gasteiger charge is -2.35. The number of ketones is 1. The van der Waals surface area contributed by atoms with Gasteiger partial charge in [0.05, 0.1) is 0 Å². The Labute approximate surface area is 143 Å². The fraction of sp³-hybridized carbons (Fsp3) is 0.526. The normalized spacial score (nSPS) is 15.9. The number of carbonyl (C=O) groups is 3. The number of amides is 2. The first-order valence-corrected chi connectivity index (χ1v) is 8.43. The Morgan fingerprint density at radius 2 is 1.79 bits per heavy atom. The molecular weight excluding hydrogens is 304 g/mol. The minimum Gasteiger partial charge on any atom is -0.342 e. The summed E-state index contributed by atoms with van der Waals surface area (Å²) < 4.78 is 0. The Kier molecular flexibility index (Phi) is 5.42. The summed E-state index contributed by atoms with van der Waals surface area (Å²) >= 11 is 0. The van der Waals surface area contributed by atoms with E-state index in [0.717, 1.165) is 12.8 Å². The number of Topliss-reactive ketones (excluding diaryl/α,β-unsaturated/α-hetero) is 1. The van der Waals surface area contributed by atoms with Crippen molar-refractivity contribution < 1.29 is 14.4 Å². The van der Waals surface area contributed by atoms with E-state index < -0.39 is 5.41 Å². The van der Waals surface area contributed by atoms with Gasteiger partial charge in [0.15, 0.2) is 5.78 Å². The monoisotopic (exact) mass is 330 g/mol. The van der Waals surface area contributed by atoms with Crippen molar-refractivity contribution in [1.29, 1.82) is 0 Å². The molecule has 0 bridgehead atoms. The van der Waals surface area contributed by atoms with Crippen molar-refractivity contribution >= 4 is 23.3 Å². The van der Waals surface area contributed by atoms with Gasteiger partial charge in [-0.1, -0.05) is 19.1 Å². The third kappa shape index (κ3) is 4.02. The molecule has 0 saturated carbocycles. The van der Waals surface area contributed by atoms with Crippen LogP contribution in [0.4, 0.5) is 5.69 Å². The highest BCUT2D eigenvalue weighted by atomic mass is 16.2. The van der Waals surface area contributed by atoms with Gasteiger partial charge in [0.2, 0.25) is 11.8 Å². The average molecular weight is 330 g/mol. The summed E-state index contributed by atoms with van der Waals surface area (Å²) in [6.45, 7) is 8.37. The van der Waals surface area contributed by atoms with Crippen molar-refractivity contribution in [3.05, 3.63) is 29.8 Å². The summed E-state index contributed by atoms with van der Waals surface area (Å²) in [6.07, 6.45) is 1.95. The number of benzene rings is 1. The largest absolute Gasteiger partial charge is 0.342 e. The van der Waals surface area contributed by atoms with E-state index in [1.807, 2.05) is 0 Å². The van der Waals surface area contributed by atoms with Crippen molar-refractivity contribution in [2.75, 3.05) is 18.4 Å². The van der Waals surface area contributed by atoms with Gasteiger partial charge in [-0.25, -0.2) is 0 Å². The van der Waals surface area contributed by atoms with Crippen molar-refractivity contribution in [1.82, 2.24) is 4.90 Å². The van der Waals surface area contributed by atoms with Gasteiger partial charge in [0.1, 0.15) is 5.41 Å². The lowest BCUT2D eigenvalue weighted by atomic mass is 9.88. The topological polar surface area (TPSA) is 66.5 Å². The van der Waals surface area contributed by atoms with Crippen LogP contribution in [0.15, 0.2) is 24.3 Å². The predicted molar refractivity (Wildman–Crippen MR) is 93.8 cm³/mol. The van der Waals surface area contributed by atoms with Crippen molar-refractivity contribution in [3.63, 3.8) is 0 Å². The number of piperidine rings is 1. The molecular formula is C19H26N2O3. The number of likely N-dealkylation sites (tertiary alicyclic amines) is 1. The fourth-order valence-electron chi connectivity index (χ4n) is 2.81. The minimum absolute atomic E-state index is 0.0659. The standard InChI is InChI=1S/C19H26N2O3/c1-13-8-10-21(11-9-13)18(24)19(3,4)17(23)20-16-7-5-6-15(12-16)14(2)22/h5-7,12-13H,8-11H2,1-4H3,(H,20,23). The molecule has 5 heteroatoms. The molecule has 2 rings (SSSR count). The summed E-state index contributed by atoms with van der Waals surface area (Å²) in [4.78, 5) is 38.6. The number of rotatable bonds is 4. The summed E-state index contributed by atoms with van der Waals surface area (Å²) in [6, 6.07) is 6.76. The smallest absolute Gasteiger partial charge is 0.239 e. The first-order chi connectivity index (χ1) is 11.2. The Bertz CT molecular complexity index is 644.